The lowest BCUT2D eigenvalue weighted by molar-refractivity contribution is -0.142. The summed E-state index contributed by atoms with van der Waals surface area (Å²) in [4.78, 5) is 39.2. The Labute approximate surface area is 194 Å². The average molecular weight is 478 g/mol. The van der Waals surface area contributed by atoms with Crippen molar-refractivity contribution in [2.45, 2.75) is 38.8 Å². The number of fused-ring (bicyclic) bond motifs is 1. The lowest BCUT2D eigenvalue weighted by atomic mass is 9.97. The first kappa shape index (κ1) is 23.9. The Morgan fingerprint density at radius 3 is 2.59 bits per heavy atom. The number of benzene rings is 1. The zero-order chi connectivity index (χ0) is 24.8. The molecule has 0 aromatic heterocycles. The van der Waals surface area contributed by atoms with Gasteiger partial charge in [0.25, 0.3) is 5.91 Å². The van der Waals surface area contributed by atoms with E-state index in [2.05, 4.69) is 10.6 Å². The Kier molecular flexibility index (Phi) is 6.18. The van der Waals surface area contributed by atoms with Gasteiger partial charge in [-0.25, -0.2) is 13.2 Å². The van der Waals surface area contributed by atoms with Crippen molar-refractivity contribution in [3.63, 3.8) is 0 Å². The molecule has 3 amide bonds. The number of nitrogens with one attached hydrogen (secondary N) is 2. The highest BCUT2D eigenvalue weighted by atomic mass is 19.1. The van der Waals surface area contributed by atoms with Gasteiger partial charge in [-0.3, -0.25) is 14.4 Å². The summed E-state index contributed by atoms with van der Waals surface area (Å²) in [5.74, 6) is -6.36. The summed E-state index contributed by atoms with van der Waals surface area (Å²) in [5, 5.41) is 14.9. The highest BCUT2D eigenvalue weighted by Gasteiger charge is 2.69. The Hall–Kier alpha value is -3.29. The zero-order valence-corrected chi connectivity index (χ0v) is 18.7. The van der Waals surface area contributed by atoms with E-state index in [0.29, 0.717) is 25.1 Å². The molecule has 11 heteroatoms. The molecule has 1 aromatic rings. The monoisotopic (exact) mass is 478 g/mol. The van der Waals surface area contributed by atoms with Gasteiger partial charge < -0.3 is 20.3 Å². The maximum absolute atomic E-state index is 13.8. The molecule has 0 radical (unpaired) electrons. The molecule has 8 nitrogen and oxygen atoms in total. The first-order chi connectivity index (χ1) is 16.0. The van der Waals surface area contributed by atoms with Gasteiger partial charge in [-0.1, -0.05) is 13.8 Å². The zero-order valence-electron chi connectivity index (χ0n) is 18.7. The molecule has 2 heterocycles. The van der Waals surface area contributed by atoms with Gasteiger partial charge >= 0.3 is 0 Å². The van der Waals surface area contributed by atoms with E-state index in [1.165, 1.54) is 4.90 Å². The lowest BCUT2D eigenvalue weighted by Crippen LogP contribution is -2.53. The van der Waals surface area contributed by atoms with Gasteiger partial charge in [0, 0.05) is 31.1 Å². The van der Waals surface area contributed by atoms with Crippen molar-refractivity contribution in [3.8, 4) is 11.8 Å². The number of nitriles is 1. The fourth-order valence-electron chi connectivity index (χ4n) is 5.28. The Morgan fingerprint density at radius 2 is 2.00 bits per heavy atom. The van der Waals surface area contributed by atoms with Crippen LogP contribution in [-0.4, -0.2) is 54.4 Å². The second-order valence-corrected chi connectivity index (χ2v) is 9.63. The van der Waals surface area contributed by atoms with Crippen molar-refractivity contribution in [1.82, 2.24) is 15.5 Å². The first-order valence-corrected chi connectivity index (χ1v) is 11.1. The minimum atomic E-state index is -1.28. The number of amides is 3. The topological polar surface area (TPSA) is 112 Å². The summed E-state index contributed by atoms with van der Waals surface area (Å²) in [6.45, 7) is 4.00. The van der Waals surface area contributed by atoms with Crippen molar-refractivity contribution in [2.75, 3.05) is 19.7 Å². The molecule has 0 spiro atoms. The fraction of sp³-hybridized carbons (Fsp3) is 0.565. The number of nitrogens with zero attached hydrogens (tertiary/aromatic N) is 2. The molecule has 2 aliphatic heterocycles. The van der Waals surface area contributed by atoms with Gasteiger partial charge in [0.15, 0.2) is 24.0 Å². The third-order valence-corrected chi connectivity index (χ3v) is 7.26. The number of hydrogen-bond donors (Lipinski definition) is 2. The normalized spacial score (nSPS) is 27.4. The molecule has 2 unspecified atom stereocenters. The summed E-state index contributed by atoms with van der Waals surface area (Å²) in [6.07, 6.45) is 0.741. The summed E-state index contributed by atoms with van der Waals surface area (Å²) in [5.41, 5.74) is -0.192. The van der Waals surface area contributed by atoms with Crippen molar-refractivity contribution >= 4 is 17.7 Å². The highest BCUT2D eigenvalue weighted by Crippen LogP contribution is 2.64. The number of rotatable bonds is 7. The predicted octanol–water partition coefficient (Wildman–Crippen LogP) is 1.50. The van der Waals surface area contributed by atoms with Gasteiger partial charge in [0.2, 0.25) is 11.8 Å². The average Bonchev–Trinajstić information content (AvgIpc) is 3.11. The summed E-state index contributed by atoms with van der Waals surface area (Å²) < 4.78 is 45.8. The van der Waals surface area contributed by atoms with Crippen molar-refractivity contribution in [2.24, 2.45) is 23.2 Å². The molecule has 2 N–H and O–H groups in total. The fourth-order valence-corrected chi connectivity index (χ4v) is 5.28. The molecule has 3 aliphatic rings. The molecule has 0 bridgehead atoms. The van der Waals surface area contributed by atoms with E-state index in [1.807, 2.05) is 19.9 Å². The Bertz CT molecular complexity index is 1050. The molecule has 2 saturated heterocycles. The smallest absolute Gasteiger partial charge is 0.261 e. The number of likely N-dealkylation sites (tertiary alicyclic amines) is 1. The number of ether oxygens (including phenoxy) is 1. The van der Waals surface area contributed by atoms with E-state index in [9.17, 15) is 32.8 Å². The molecule has 1 aliphatic carbocycles. The second-order valence-electron chi connectivity index (χ2n) is 9.63. The van der Waals surface area contributed by atoms with Gasteiger partial charge in [-0.15, -0.1) is 0 Å². The minimum absolute atomic E-state index is 0.0487. The van der Waals surface area contributed by atoms with Crippen molar-refractivity contribution in [3.05, 3.63) is 29.6 Å². The summed E-state index contributed by atoms with van der Waals surface area (Å²) >= 11 is 0. The van der Waals surface area contributed by atoms with Gasteiger partial charge in [-0.05, 0) is 30.1 Å². The number of piperidine rings is 1. The van der Waals surface area contributed by atoms with Crippen LogP contribution in [0.2, 0.25) is 0 Å². The third-order valence-electron chi connectivity index (χ3n) is 7.26. The largest absolute Gasteiger partial charge is 0.478 e. The van der Waals surface area contributed by atoms with Crippen LogP contribution in [0.1, 0.15) is 26.7 Å². The van der Waals surface area contributed by atoms with Crippen LogP contribution >= 0.6 is 0 Å². The highest BCUT2D eigenvalue weighted by molar-refractivity contribution is 5.90. The molecule has 1 saturated carbocycles. The van der Waals surface area contributed by atoms with Gasteiger partial charge in [0.05, 0.1) is 6.07 Å². The standard InChI is InChI=1S/C23H25F3N4O4/c1-23(2)14-9-30(17(31)10-34-20-15(25)6-12(24)7-16(20)26)19(18(14)23)22(33)29-13(8-27)5-11-3-4-28-21(11)32/h6-7,11,13-14,18-19H,3-5,9-10H2,1-2H3,(H,28,32)(H,29,33)/t11?,13-,14?,18-,19-/m0/s1. The van der Waals surface area contributed by atoms with E-state index < -0.39 is 53.7 Å². The van der Waals surface area contributed by atoms with E-state index in [1.54, 1.807) is 0 Å². The number of carbonyl (C=O) groups excluding carboxylic acids is 3. The third kappa shape index (κ3) is 4.29. The maximum Gasteiger partial charge on any atom is 0.261 e. The van der Waals surface area contributed by atoms with Gasteiger partial charge in [0.1, 0.15) is 17.9 Å². The number of carbonyl (C=O) groups is 3. The van der Waals surface area contributed by atoms with Gasteiger partial charge in [-0.2, -0.15) is 5.26 Å². The molecule has 1 aromatic carbocycles. The van der Waals surface area contributed by atoms with Crippen LogP contribution in [0.5, 0.6) is 5.75 Å². The van der Waals surface area contributed by atoms with Crippen molar-refractivity contribution in [1.29, 1.82) is 5.26 Å². The van der Waals surface area contributed by atoms with E-state index in [4.69, 9.17) is 4.74 Å². The summed E-state index contributed by atoms with van der Waals surface area (Å²) in [6, 6.07) is 1.11. The molecule has 5 atom stereocenters. The van der Waals surface area contributed by atoms with Crippen molar-refractivity contribution < 1.29 is 32.3 Å². The van der Waals surface area contributed by atoms with E-state index in [-0.39, 0.29) is 42.0 Å². The Balaban J connectivity index is 1.44. The van der Waals surface area contributed by atoms with E-state index in [0.717, 1.165) is 0 Å². The maximum atomic E-state index is 13.8. The van der Waals surface area contributed by atoms with Crippen LogP contribution in [0.25, 0.3) is 0 Å². The first-order valence-electron chi connectivity index (χ1n) is 11.1. The minimum Gasteiger partial charge on any atom is -0.478 e. The van der Waals surface area contributed by atoms with Crippen LogP contribution in [-0.2, 0) is 14.4 Å². The van der Waals surface area contributed by atoms with Crippen LogP contribution in [0.3, 0.4) is 0 Å². The summed E-state index contributed by atoms with van der Waals surface area (Å²) in [7, 11) is 0. The molecule has 3 fully saturated rings. The number of halogens is 3. The quantitative estimate of drug-likeness (QED) is 0.617. The van der Waals surface area contributed by atoms with E-state index >= 15 is 0 Å². The van der Waals surface area contributed by atoms with Crippen LogP contribution in [0, 0.1) is 52.0 Å². The van der Waals surface area contributed by atoms with Crippen LogP contribution < -0.4 is 15.4 Å². The second kappa shape index (κ2) is 8.81. The molecule has 34 heavy (non-hydrogen) atoms. The van der Waals surface area contributed by atoms with Crippen LogP contribution in [0.4, 0.5) is 13.2 Å². The molecular weight excluding hydrogens is 453 g/mol. The number of hydrogen-bond acceptors (Lipinski definition) is 5. The Morgan fingerprint density at radius 1 is 1.32 bits per heavy atom. The molecule has 182 valence electrons. The lowest BCUT2D eigenvalue weighted by Gasteiger charge is -2.30. The molecular formula is C23H25F3N4O4. The predicted molar refractivity (Wildman–Crippen MR) is 111 cm³/mol. The van der Waals surface area contributed by atoms with Crippen LogP contribution in [0.15, 0.2) is 12.1 Å². The SMILES string of the molecule is CC1(C)C2CN(C(=O)COc3c(F)cc(F)cc3F)[C@H](C(=O)N[C@H](C#N)CC3CCNC3=O)[C@H]21. The molecule has 4 rings (SSSR count).